The van der Waals surface area contributed by atoms with E-state index in [1.54, 1.807) is 7.05 Å². The van der Waals surface area contributed by atoms with Crippen LogP contribution in [0, 0.1) is 0 Å². The first kappa shape index (κ1) is 15.1. The highest BCUT2D eigenvalue weighted by Crippen LogP contribution is 1.89. The summed E-state index contributed by atoms with van der Waals surface area (Å²) in [5.74, 6) is -0.519. The second kappa shape index (κ2) is 6.86. The van der Waals surface area contributed by atoms with Crippen LogP contribution in [0.1, 0.15) is 5.69 Å². The van der Waals surface area contributed by atoms with E-state index in [2.05, 4.69) is 5.32 Å². The Labute approximate surface area is 109 Å². The molecule has 1 heterocycles. The standard InChI is InChI=1S/C11H18N4O4/c1-14-8(5-10(17)15(2)11(14)18)6-13-3-4-19-7-9(12)16/h5,13H,3-4,6-7H2,1-2H3,(H2,12,16). The molecule has 0 radical (unpaired) electrons. The van der Waals surface area contributed by atoms with Crippen molar-refractivity contribution in [1.29, 1.82) is 0 Å². The number of nitrogens with zero attached hydrogens (tertiary/aromatic N) is 2. The minimum Gasteiger partial charge on any atom is -0.370 e. The third-order valence-electron chi connectivity index (χ3n) is 2.60. The summed E-state index contributed by atoms with van der Waals surface area (Å²) in [6.07, 6.45) is 0. The van der Waals surface area contributed by atoms with Crippen LogP contribution in [0.5, 0.6) is 0 Å². The van der Waals surface area contributed by atoms with Gasteiger partial charge in [0, 0.05) is 38.9 Å². The van der Waals surface area contributed by atoms with Crippen LogP contribution in [-0.2, 0) is 30.2 Å². The molecule has 106 valence electrons. The predicted molar refractivity (Wildman–Crippen MR) is 68.6 cm³/mol. The molecule has 8 nitrogen and oxygen atoms in total. The molecule has 0 spiro atoms. The maximum absolute atomic E-state index is 11.6. The number of hydrogen-bond donors (Lipinski definition) is 2. The number of nitrogens with one attached hydrogen (secondary N) is 1. The molecule has 0 aliphatic carbocycles. The monoisotopic (exact) mass is 270 g/mol. The number of nitrogens with two attached hydrogens (primary N) is 1. The lowest BCUT2D eigenvalue weighted by Crippen LogP contribution is -2.39. The summed E-state index contributed by atoms with van der Waals surface area (Å²) in [5, 5.41) is 3.01. The zero-order valence-corrected chi connectivity index (χ0v) is 11.0. The molecule has 1 aromatic heterocycles. The highest BCUT2D eigenvalue weighted by atomic mass is 16.5. The van der Waals surface area contributed by atoms with Gasteiger partial charge in [-0.05, 0) is 0 Å². The molecule has 0 aliphatic heterocycles. The lowest BCUT2D eigenvalue weighted by atomic mass is 10.4. The number of hydrogen-bond acceptors (Lipinski definition) is 5. The molecule has 0 aromatic carbocycles. The van der Waals surface area contributed by atoms with Crippen LogP contribution in [0.4, 0.5) is 0 Å². The molecule has 19 heavy (non-hydrogen) atoms. The van der Waals surface area contributed by atoms with E-state index in [1.807, 2.05) is 0 Å². The van der Waals surface area contributed by atoms with Gasteiger partial charge in [0.15, 0.2) is 0 Å². The van der Waals surface area contributed by atoms with Crippen molar-refractivity contribution in [2.75, 3.05) is 19.8 Å². The van der Waals surface area contributed by atoms with Crippen molar-refractivity contribution < 1.29 is 9.53 Å². The Morgan fingerprint density at radius 1 is 1.37 bits per heavy atom. The minimum absolute atomic E-state index is 0.119. The lowest BCUT2D eigenvalue weighted by Gasteiger charge is -2.10. The molecular formula is C11H18N4O4. The lowest BCUT2D eigenvalue weighted by molar-refractivity contribution is -0.122. The van der Waals surface area contributed by atoms with Crippen LogP contribution in [0.2, 0.25) is 0 Å². The fourth-order valence-corrected chi connectivity index (χ4v) is 1.48. The number of rotatable bonds is 7. The van der Waals surface area contributed by atoms with E-state index in [1.165, 1.54) is 17.7 Å². The van der Waals surface area contributed by atoms with Gasteiger partial charge in [-0.25, -0.2) is 4.79 Å². The quantitative estimate of drug-likeness (QED) is 0.540. The summed E-state index contributed by atoms with van der Waals surface area (Å²) < 4.78 is 7.40. The molecule has 0 aliphatic rings. The van der Waals surface area contributed by atoms with Crippen LogP contribution in [0.15, 0.2) is 15.7 Å². The number of carbonyl (C=O) groups is 1. The van der Waals surface area contributed by atoms with Gasteiger partial charge in [0.1, 0.15) is 6.61 Å². The third kappa shape index (κ3) is 4.34. The topological polar surface area (TPSA) is 108 Å². The number of amides is 1. The van der Waals surface area contributed by atoms with Crippen molar-refractivity contribution >= 4 is 5.91 Å². The maximum Gasteiger partial charge on any atom is 0.330 e. The molecule has 0 saturated carbocycles. The van der Waals surface area contributed by atoms with Crippen molar-refractivity contribution in [3.63, 3.8) is 0 Å². The van der Waals surface area contributed by atoms with Gasteiger partial charge in [0.05, 0.1) is 6.61 Å². The molecule has 1 amide bonds. The minimum atomic E-state index is -0.519. The number of ether oxygens (including phenoxy) is 1. The molecular weight excluding hydrogens is 252 g/mol. The van der Waals surface area contributed by atoms with E-state index in [-0.39, 0.29) is 17.9 Å². The zero-order chi connectivity index (χ0) is 14.4. The van der Waals surface area contributed by atoms with Crippen LogP contribution in [0.3, 0.4) is 0 Å². The Morgan fingerprint density at radius 2 is 2.05 bits per heavy atom. The van der Waals surface area contributed by atoms with E-state index < -0.39 is 5.91 Å². The molecule has 0 unspecified atom stereocenters. The molecule has 0 bridgehead atoms. The third-order valence-corrected chi connectivity index (χ3v) is 2.60. The average Bonchev–Trinajstić information content (AvgIpc) is 2.36. The second-order valence-corrected chi connectivity index (χ2v) is 4.07. The summed E-state index contributed by atoms with van der Waals surface area (Å²) in [6.45, 7) is 1.05. The van der Waals surface area contributed by atoms with Crippen molar-refractivity contribution in [1.82, 2.24) is 14.5 Å². The summed E-state index contributed by atoms with van der Waals surface area (Å²) in [6, 6.07) is 1.40. The zero-order valence-electron chi connectivity index (χ0n) is 11.0. The number of primary amides is 1. The van der Waals surface area contributed by atoms with E-state index in [0.29, 0.717) is 25.4 Å². The predicted octanol–water partition coefficient (Wildman–Crippen LogP) is -2.32. The molecule has 3 N–H and O–H groups in total. The van der Waals surface area contributed by atoms with Crippen molar-refractivity contribution in [3.8, 4) is 0 Å². The molecule has 0 atom stereocenters. The van der Waals surface area contributed by atoms with E-state index in [9.17, 15) is 14.4 Å². The Morgan fingerprint density at radius 3 is 2.68 bits per heavy atom. The SMILES string of the molecule is Cn1c(CNCCOCC(N)=O)cc(=O)n(C)c1=O. The Hall–Kier alpha value is -1.93. The Kier molecular flexibility index (Phi) is 5.46. The molecule has 1 aromatic rings. The van der Waals surface area contributed by atoms with Gasteiger partial charge in [0.25, 0.3) is 5.56 Å². The smallest absolute Gasteiger partial charge is 0.330 e. The van der Waals surface area contributed by atoms with Crippen LogP contribution < -0.4 is 22.3 Å². The van der Waals surface area contributed by atoms with Crippen LogP contribution in [-0.4, -0.2) is 34.8 Å². The Bertz CT molecular complexity index is 561. The molecule has 8 heteroatoms. The average molecular weight is 270 g/mol. The van der Waals surface area contributed by atoms with E-state index in [0.717, 1.165) is 4.57 Å². The van der Waals surface area contributed by atoms with E-state index in [4.69, 9.17) is 10.5 Å². The highest BCUT2D eigenvalue weighted by molar-refractivity contribution is 5.74. The van der Waals surface area contributed by atoms with Gasteiger partial charge in [0.2, 0.25) is 5.91 Å². The van der Waals surface area contributed by atoms with Gasteiger partial charge in [-0.1, -0.05) is 0 Å². The summed E-state index contributed by atoms with van der Waals surface area (Å²) in [4.78, 5) is 33.5. The first-order valence-electron chi connectivity index (χ1n) is 5.76. The summed E-state index contributed by atoms with van der Waals surface area (Å²) >= 11 is 0. The van der Waals surface area contributed by atoms with E-state index >= 15 is 0 Å². The van der Waals surface area contributed by atoms with Gasteiger partial charge >= 0.3 is 5.69 Å². The van der Waals surface area contributed by atoms with Gasteiger partial charge in [-0.15, -0.1) is 0 Å². The fraction of sp³-hybridized carbons (Fsp3) is 0.545. The molecule has 0 saturated heterocycles. The first-order chi connectivity index (χ1) is 8.93. The molecule has 1 rings (SSSR count). The van der Waals surface area contributed by atoms with Gasteiger partial charge < -0.3 is 15.8 Å². The highest BCUT2D eigenvalue weighted by Gasteiger charge is 2.05. The molecule has 0 fully saturated rings. The van der Waals surface area contributed by atoms with Crippen LogP contribution >= 0.6 is 0 Å². The van der Waals surface area contributed by atoms with Crippen molar-refractivity contribution in [3.05, 3.63) is 32.6 Å². The fourth-order valence-electron chi connectivity index (χ4n) is 1.48. The van der Waals surface area contributed by atoms with Crippen LogP contribution in [0.25, 0.3) is 0 Å². The first-order valence-corrected chi connectivity index (χ1v) is 5.76. The second-order valence-electron chi connectivity index (χ2n) is 4.07. The summed E-state index contributed by atoms with van der Waals surface area (Å²) in [7, 11) is 3.03. The Balaban J connectivity index is 2.49. The van der Waals surface area contributed by atoms with Gasteiger partial charge in [-0.2, -0.15) is 0 Å². The maximum atomic E-state index is 11.6. The van der Waals surface area contributed by atoms with Crippen molar-refractivity contribution in [2.45, 2.75) is 6.54 Å². The normalized spacial score (nSPS) is 10.6. The van der Waals surface area contributed by atoms with Gasteiger partial charge in [-0.3, -0.25) is 18.7 Å². The number of aromatic nitrogens is 2. The van der Waals surface area contributed by atoms with Crippen molar-refractivity contribution in [2.24, 2.45) is 19.8 Å². The summed E-state index contributed by atoms with van der Waals surface area (Å²) in [5.41, 5.74) is 4.78. The number of carbonyl (C=O) groups excluding carboxylic acids is 1. The largest absolute Gasteiger partial charge is 0.370 e.